The summed E-state index contributed by atoms with van der Waals surface area (Å²) < 4.78 is 10.1. The highest BCUT2D eigenvalue weighted by atomic mass is 32.2. The zero-order chi connectivity index (χ0) is 15.0. The van der Waals surface area contributed by atoms with Gasteiger partial charge in [-0.3, -0.25) is 0 Å². The zero-order valence-corrected chi connectivity index (χ0v) is 12.5. The molecule has 112 valence electrons. The van der Waals surface area contributed by atoms with Crippen LogP contribution in [0.15, 0.2) is 23.1 Å². The molecule has 20 heavy (non-hydrogen) atoms. The number of aromatic carboxylic acids is 1. The van der Waals surface area contributed by atoms with Crippen molar-refractivity contribution < 1.29 is 24.5 Å². The molecule has 0 saturated carbocycles. The van der Waals surface area contributed by atoms with E-state index in [1.807, 2.05) is 6.07 Å². The van der Waals surface area contributed by atoms with Gasteiger partial charge >= 0.3 is 5.97 Å². The van der Waals surface area contributed by atoms with E-state index in [1.165, 1.54) is 11.8 Å². The second kappa shape index (κ2) is 8.97. The Balaban J connectivity index is 2.41. The Morgan fingerprint density at radius 2 is 2.15 bits per heavy atom. The minimum Gasteiger partial charge on any atom is -0.478 e. The number of methoxy groups -OCH3 is 1. The van der Waals surface area contributed by atoms with Crippen molar-refractivity contribution in [1.82, 2.24) is 0 Å². The fourth-order valence-electron chi connectivity index (χ4n) is 1.52. The normalized spacial score (nSPS) is 12.3. The van der Waals surface area contributed by atoms with Gasteiger partial charge in [0.15, 0.2) is 0 Å². The lowest BCUT2D eigenvalue weighted by Crippen LogP contribution is -2.19. The van der Waals surface area contributed by atoms with Crippen LogP contribution < -0.4 is 0 Å². The van der Waals surface area contributed by atoms with Crippen LogP contribution in [0.3, 0.4) is 0 Å². The Kier molecular flexibility index (Phi) is 7.61. The van der Waals surface area contributed by atoms with Crippen molar-refractivity contribution in [3.63, 3.8) is 0 Å². The van der Waals surface area contributed by atoms with Gasteiger partial charge < -0.3 is 19.7 Å². The molecule has 6 heteroatoms. The number of hydrogen-bond donors (Lipinski definition) is 2. The van der Waals surface area contributed by atoms with E-state index >= 15 is 0 Å². The highest BCUT2D eigenvalue weighted by molar-refractivity contribution is 7.99. The van der Waals surface area contributed by atoms with Crippen LogP contribution in [-0.2, 0) is 9.47 Å². The van der Waals surface area contributed by atoms with E-state index in [0.29, 0.717) is 24.5 Å². The molecule has 0 saturated heterocycles. The van der Waals surface area contributed by atoms with Crippen LogP contribution in [0.5, 0.6) is 0 Å². The number of carboxylic acid groups (broad SMARTS) is 1. The van der Waals surface area contributed by atoms with Gasteiger partial charge in [-0.15, -0.1) is 11.8 Å². The molecule has 0 amide bonds. The highest BCUT2D eigenvalue weighted by Crippen LogP contribution is 2.22. The Labute approximate surface area is 122 Å². The third kappa shape index (κ3) is 5.92. The van der Waals surface area contributed by atoms with E-state index in [-0.39, 0.29) is 6.61 Å². The molecule has 0 spiro atoms. The lowest BCUT2D eigenvalue weighted by atomic mass is 10.1. The van der Waals surface area contributed by atoms with Crippen molar-refractivity contribution in [2.24, 2.45) is 0 Å². The molecule has 0 heterocycles. The average Bonchev–Trinajstić information content (AvgIpc) is 2.42. The highest BCUT2D eigenvalue weighted by Gasteiger charge is 2.10. The SMILES string of the molecule is COCCOCC(O)CSc1ccc(C)c(C(=O)O)c1. The molecule has 1 aromatic carbocycles. The molecule has 0 aliphatic heterocycles. The topological polar surface area (TPSA) is 76.0 Å². The number of thioether (sulfide) groups is 1. The maximum absolute atomic E-state index is 11.0. The molecule has 0 aliphatic carbocycles. The molecule has 0 bridgehead atoms. The molecule has 1 rings (SSSR count). The van der Waals surface area contributed by atoms with Gasteiger partial charge in [-0.05, 0) is 24.6 Å². The summed E-state index contributed by atoms with van der Waals surface area (Å²) >= 11 is 1.41. The summed E-state index contributed by atoms with van der Waals surface area (Å²) in [6, 6.07) is 5.25. The first-order valence-corrected chi connectivity index (χ1v) is 7.24. The lowest BCUT2D eigenvalue weighted by molar-refractivity contribution is 0.0218. The van der Waals surface area contributed by atoms with Crippen LogP contribution in [0, 0.1) is 6.92 Å². The van der Waals surface area contributed by atoms with Crippen molar-refractivity contribution >= 4 is 17.7 Å². The quantitative estimate of drug-likeness (QED) is 0.535. The first-order valence-electron chi connectivity index (χ1n) is 6.26. The summed E-state index contributed by atoms with van der Waals surface area (Å²) in [5.41, 5.74) is 1.02. The van der Waals surface area contributed by atoms with Crippen LogP contribution in [0.2, 0.25) is 0 Å². The van der Waals surface area contributed by atoms with Gasteiger partial charge in [-0.25, -0.2) is 4.79 Å². The monoisotopic (exact) mass is 300 g/mol. The average molecular weight is 300 g/mol. The van der Waals surface area contributed by atoms with Crippen molar-refractivity contribution in [2.75, 3.05) is 32.7 Å². The molecular weight excluding hydrogens is 280 g/mol. The number of carboxylic acids is 1. The largest absolute Gasteiger partial charge is 0.478 e. The molecule has 0 radical (unpaired) electrons. The summed E-state index contributed by atoms with van der Waals surface area (Å²) in [6.45, 7) is 2.95. The van der Waals surface area contributed by atoms with Crippen LogP contribution in [0.25, 0.3) is 0 Å². The zero-order valence-electron chi connectivity index (χ0n) is 11.7. The number of aliphatic hydroxyl groups is 1. The molecule has 1 unspecified atom stereocenters. The van der Waals surface area contributed by atoms with E-state index < -0.39 is 12.1 Å². The van der Waals surface area contributed by atoms with E-state index in [4.69, 9.17) is 14.6 Å². The number of hydrogen-bond acceptors (Lipinski definition) is 5. The molecule has 1 atom stereocenters. The summed E-state index contributed by atoms with van der Waals surface area (Å²) in [5, 5.41) is 18.8. The molecule has 2 N–H and O–H groups in total. The second-order valence-electron chi connectivity index (χ2n) is 4.31. The molecule has 1 aromatic rings. The van der Waals surface area contributed by atoms with Crippen molar-refractivity contribution in [3.8, 4) is 0 Å². The lowest BCUT2D eigenvalue weighted by Gasteiger charge is -2.11. The number of benzene rings is 1. The van der Waals surface area contributed by atoms with Crippen LogP contribution in [0.1, 0.15) is 15.9 Å². The number of rotatable bonds is 9. The first kappa shape index (κ1) is 17.0. The Hall–Kier alpha value is -1.08. The van der Waals surface area contributed by atoms with Crippen molar-refractivity contribution in [1.29, 1.82) is 0 Å². The third-order valence-electron chi connectivity index (χ3n) is 2.62. The molecule has 0 fully saturated rings. The van der Waals surface area contributed by atoms with Gasteiger partial charge in [0.05, 0.1) is 31.5 Å². The van der Waals surface area contributed by atoms with Gasteiger partial charge in [0.2, 0.25) is 0 Å². The van der Waals surface area contributed by atoms with Crippen LogP contribution in [0.4, 0.5) is 0 Å². The van der Waals surface area contributed by atoms with Crippen molar-refractivity contribution in [2.45, 2.75) is 17.9 Å². The minimum absolute atomic E-state index is 0.244. The van der Waals surface area contributed by atoms with Gasteiger partial charge in [-0.1, -0.05) is 6.07 Å². The minimum atomic E-state index is -0.937. The summed E-state index contributed by atoms with van der Waals surface area (Å²) in [4.78, 5) is 11.8. The van der Waals surface area contributed by atoms with Gasteiger partial charge in [-0.2, -0.15) is 0 Å². The Morgan fingerprint density at radius 3 is 2.80 bits per heavy atom. The smallest absolute Gasteiger partial charge is 0.335 e. The summed E-state index contributed by atoms with van der Waals surface area (Å²) in [5.74, 6) is -0.483. The number of aryl methyl sites for hydroxylation is 1. The maximum atomic E-state index is 11.0. The van der Waals surface area contributed by atoms with Crippen LogP contribution >= 0.6 is 11.8 Å². The van der Waals surface area contributed by atoms with Crippen molar-refractivity contribution in [3.05, 3.63) is 29.3 Å². The van der Waals surface area contributed by atoms with E-state index in [0.717, 1.165) is 10.5 Å². The Bertz CT molecular complexity index is 436. The first-order chi connectivity index (χ1) is 9.54. The predicted octanol–water partition coefficient (Wildman–Crippen LogP) is 1.81. The number of ether oxygens (including phenoxy) is 2. The number of aliphatic hydroxyl groups excluding tert-OH is 1. The second-order valence-corrected chi connectivity index (χ2v) is 5.41. The van der Waals surface area contributed by atoms with Crippen LogP contribution in [-0.4, -0.2) is 55.0 Å². The van der Waals surface area contributed by atoms with E-state index in [9.17, 15) is 9.90 Å². The third-order valence-corrected chi connectivity index (χ3v) is 3.76. The molecular formula is C14H20O5S. The Morgan fingerprint density at radius 1 is 1.40 bits per heavy atom. The summed E-state index contributed by atoms with van der Waals surface area (Å²) in [7, 11) is 1.59. The molecule has 0 aliphatic rings. The fraction of sp³-hybridized carbons (Fsp3) is 0.500. The fourth-order valence-corrected chi connectivity index (χ4v) is 2.37. The molecule has 5 nitrogen and oxygen atoms in total. The van der Waals surface area contributed by atoms with Gasteiger partial charge in [0.1, 0.15) is 0 Å². The van der Waals surface area contributed by atoms with E-state index in [1.54, 1.807) is 26.2 Å². The van der Waals surface area contributed by atoms with Gasteiger partial charge in [0.25, 0.3) is 0 Å². The predicted molar refractivity (Wildman–Crippen MR) is 77.6 cm³/mol. The number of carbonyl (C=O) groups is 1. The standard InChI is InChI=1S/C14H20O5S/c1-10-3-4-12(7-13(10)14(16)17)20-9-11(15)8-19-6-5-18-2/h3-4,7,11,15H,5-6,8-9H2,1-2H3,(H,16,17). The molecule has 0 aromatic heterocycles. The van der Waals surface area contributed by atoms with E-state index in [2.05, 4.69) is 0 Å². The maximum Gasteiger partial charge on any atom is 0.335 e. The van der Waals surface area contributed by atoms with Gasteiger partial charge in [0, 0.05) is 17.8 Å². The summed E-state index contributed by atoms with van der Waals surface area (Å²) in [6.07, 6.45) is -0.591.